The molecule has 2 aromatic carbocycles. The molecule has 1 fully saturated rings. The maximum absolute atomic E-state index is 11.6. The van der Waals surface area contributed by atoms with E-state index in [4.69, 9.17) is 23.4 Å². The van der Waals surface area contributed by atoms with Crippen LogP contribution in [0.5, 0.6) is 11.5 Å². The summed E-state index contributed by atoms with van der Waals surface area (Å²) in [5, 5.41) is 9.55. The van der Waals surface area contributed by atoms with Gasteiger partial charge in [-0.25, -0.2) is 9.78 Å². The van der Waals surface area contributed by atoms with E-state index in [0.29, 0.717) is 42.6 Å². The highest BCUT2D eigenvalue weighted by atomic mass is 16.6. The minimum atomic E-state index is -0.921. The Morgan fingerprint density at radius 1 is 1.03 bits per heavy atom. The lowest BCUT2D eigenvalue weighted by atomic mass is 9.94. The molecule has 1 aromatic heterocycles. The van der Waals surface area contributed by atoms with Crippen molar-refractivity contribution in [1.29, 1.82) is 0 Å². The van der Waals surface area contributed by atoms with Gasteiger partial charge in [0.1, 0.15) is 24.7 Å². The summed E-state index contributed by atoms with van der Waals surface area (Å²) < 4.78 is 29.5. The number of carboxylic acid groups (broad SMARTS) is 1. The smallest absolute Gasteiger partial charge is 0.336 e. The standard InChI is InChI=1S/C28H31NO7/c1-17-5-3-6-20(26(17)28(30)31)15-34-21-7-4-8-22(14-21)35-16-23-18(2)36-27(29-23)19-9-10-24-25(13-19)33-12-11-32-24/h3,5-6,9-10,13,21-22H,4,7-8,11-12,14-16H2,1-2H3,(H,30,31)/t21-,22+/m1/s1. The third-order valence-corrected chi connectivity index (χ3v) is 6.76. The summed E-state index contributed by atoms with van der Waals surface area (Å²) >= 11 is 0. The van der Waals surface area contributed by atoms with Crippen LogP contribution in [0.3, 0.4) is 0 Å². The second-order valence-corrected chi connectivity index (χ2v) is 9.33. The second kappa shape index (κ2) is 10.7. The van der Waals surface area contributed by atoms with Crippen molar-refractivity contribution in [1.82, 2.24) is 4.98 Å². The lowest BCUT2D eigenvalue weighted by Gasteiger charge is -2.29. The fourth-order valence-corrected chi connectivity index (χ4v) is 4.83. The summed E-state index contributed by atoms with van der Waals surface area (Å²) in [6.45, 7) is 5.41. The number of aryl methyl sites for hydroxylation is 2. The predicted molar refractivity (Wildman–Crippen MR) is 131 cm³/mol. The summed E-state index contributed by atoms with van der Waals surface area (Å²) in [6.07, 6.45) is 3.73. The molecule has 8 nitrogen and oxygen atoms in total. The van der Waals surface area contributed by atoms with Crippen LogP contribution >= 0.6 is 0 Å². The van der Waals surface area contributed by atoms with Crippen LogP contribution in [0.15, 0.2) is 40.8 Å². The van der Waals surface area contributed by atoms with Gasteiger partial charge >= 0.3 is 5.97 Å². The number of ether oxygens (including phenoxy) is 4. The molecular weight excluding hydrogens is 462 g/mol. The van der Waals surface area contributed by atoms with Crippen molar-refractivity contribution in [2.45, 2.75) is 65.0 Å². The molecule has 36 heavy (non-hydrogen) atoms. The number of hydrogen-bond donors (Lipinski definition) is 1. The van der Waals surface area contributed by atoms with E-state index in [1.807, 2.05) is 50.2 Å². The van der Waals surface area contributed by atoms with Gasteiger partial charge in [0.25, 0.3) is 0 Å². The molecule has 0 saturated heterocycles. The number of fused-ring (bicyclic) bond motifs is 1. The molecule has 0 amide bonds. The van der Waals surface area contributed by atoms with Crippen LogP contribution in [0.4, 0.5) is 0 Å². The molecule has 1 saturated carbocycles. The Hall–Kier alpha value is -3.36. The lowest BCUT2D eigenvalue weighted by Crippen LogP contribution is -2.28. The zero-order valence-electron chi connectivity index (χ0n) is 20.6. The van der Waals surface area contributed by atoms with Gasteiger partial charge in [0.15, 0.2) is 11.5 Å². The number of aromatic nitrogens is 1. The Morgan fingerprint density at radius 2 is 1.78 bits per heavy atom. The predicted octanol–water partition coefficient (Wildman–Crippen LogP) is 5.47. The van der Waals surface area contributed by atoms with E-state index < -0.39 is 5.97 Å². The monoisotopic (exact) mass is 493 g/mol. The molecule has 2 heterocycles. The molecule has 2 aliphatic rings. The average molecular weight is 494 g/mol. The van der Waals surface area contributed by atoms with Crippen molar-refractivity contribution in [2.75, 3.05) is 13.2 Å². The van der Waals surface area contributed by atoms with Gasteiger partial charge in [-0.05, 0) is 68.9 Å². The molecule has 5 rings (SSSR count). The highest BCUT2D eigenvalue weighted by Gasteiger charge is 2.25. The molecule has 2 atom stereocenters. The molecule has 0 radical (unpaired) electrons. The first kappa shape index (κ1) is 24.3. The third-order valence-electron chi connectivity index (χ3n) is 6.76. The molecule has 1 N–H and O–H groups in total. The molecule has 1 aliphatic carbocycles. The SMILES string of the molecule is Cc1cccc(CO[C@@H]2CCC[C@H](OCc3nc(-c4ccc5c(c4)OCCO5)oc3C)C2)c1C(=O)O. The maximum Gasteiger partial charge on any atom is 0.336 e. The number of carboxylic acids is 1. The average Bonchev–Trinajstić information content (AvgIpc) is 3.26. The summed E-state index contributed by atoms with van der Waals surface area (Å²) in [4.78, 5) is 16.3. The quantitative estimate of drug-likeness (QED) is 0.441. The minimum absolute atomic E-state index is 0.0255. The van der Waals surface area contributed by atoms with E-state index in [9.17, 15) is 9.90 Å². The van der Waals surface area contributed by atoms with Gasteiger partial charge in [-0.15, -0.1) is 0 Å². The van der Waals surface area contributed by atoms with Crippen LogP contribution in [0.2, 0.25) is 0 Å². The van der Waals surface area contributed by atoms with E-state index in [2.05, 4.69) is 4.98 Å². The number of hydrogen-bond acceptors (Lipinski definition) is 7. The van der Waals surface area contributed by atoms with Crippen molar-refractivity contribution in [3.63, 3.8) is 0 Å². The lowest BCUT2D eigenvalue weighted by molar-refractivity contribution is -0.0564. The largest absolute Gasteiger partial charge is 0.486 e. The van der Waals surface area contributed by atoms with Gasteiger partial charge < -0.3 is 28.5 Å². The van der Waals surface area contributed by atoms with Crippen molar-refractivity contribution in [3.05, 3.63) is 64.5 Å². The highest BCUT2D eigenvalue weighted by Crippen LogP contribution is 2.35. The zero-order chi connectivity index (χ0) is 25.1. The topological polar surface area (TPSA) is 100 Å². The van der Waals surface area contributed by atoms with E-state index >= 15 is 0 Å². The fourth-order valence-electron chi connectivity index (χ4n) is 4.83. The fraction of sp³-hybridized carbons (Fsp3) is 0.429. The van der Waals surface area contributed by atoms with Crippen molar-refractivity contribution >= 4 is 5.97 Å². The number of benzene rings is 2. The highest BCUT2D eigenvalue weighted by molar-refractivity contribution is 5.91. The summed E-state index contributed by atoms with van der Waals surface area (Å²) in [5.74, 6) is 1.76. The number of oxazole rings is 1. The molecule has 0 bridgehead atoms. The Balaban J connectivity index is 1.17. The molecule has 0 unspecified atom stereocenters. The van der Waals surface area contributed by atoms with Crippen LogP contribution in [0.1, 0.15) is 58.6 Å². The van der Waals surface area contributed by atoms with Crippen LogP contribution < -0.4 is 9.47 Å². The van der Waals surface area contributed by atoms with Crippen LogP contribution in [0, 0.1) is 13.8 Å². The molecule has 190 valence electrons. The van der Waals surface area contributed by atoms with Crippen molar-refractivity contribution < 1.29 is 33.3 Å². The maximum atomic E-state index is 11.6. The molecule has 8 heteroatoms. The molecule has 3 aromatic rings. The first-order chi connectivity index (χ1) is 17.5. The number of nitrogens with zero attached hydrogens (tertiary/aromatic N) is 1. The third kappa shape index (κ3) is 5.39. The number of carbonyl (C=O) groups is 1. The van der Waals surface area contributed by atoms with Crippen LogP contribution in [-0.2, 0) is 22.7 Å². The first-order valence-corrected chi connectivity index (χ1v) is 12.4. The Labute approximate surface area is 210 Å². The Morgan fingerprint density at radius 3 is 2.56 bits per heavy atom. The summed E-state index contributed by atoms with van der Waals surface area (Å²) in [7, 11) is 0. The van der Waals surface area contributed by atoms with Crippen LogP contribution in [-0.4, -0.2) is 41.5 Å². The van der Waals surface area contributed by atoms with Gasteiger partial charge in [-0.2, -0.15) is 0 Å². The van der Waals surface area contributed by atoms with Gasteiger partial charge in [-0.3, -0.25) is 0 Å². The molecule has 0 spiro atoms. The summed E-state index contributed by atoms with van der Waals surface area (Å²) in [6, 6.07) is 11.2. The zero-order valence-corrected chi connectivity index (χ0v) is 20.6. The van der Waals surface area contributed by atoms with Gasteiger partial charge in [0.2, 0.25) is 5.89 Å². The van der Waals surface area contributed by atoms with E-state index in [1.165, 1.54) is 0 Å². The second-order valence-electron chi connectivity index (χ2n) is 9.33. The molecule has 1 aliphatic heterocycles. The van der Waals surface area contributed by atoms with Gasteiger partial charge in [0.05, 0.1) is 31.0 Å². The number of aromatic carboxylic acids is 1. The Bertz CT molecular complexity index is 1230. The minimum Gasteiger partial charge on any atom is -0.486 e. The van der Waals surface area contributed by atoms with Crippen LogP contribution in [0.25, 0.3) is 11.5 Å². The van der Waals surface area contributed by atoms with Crippen molar-refractivity contribution in [3.8, 4) is 23.0 Å². The van der Waals surface area contributed by atoms with Gasteiger partial charge in [0, 0.05) is 5.56 Å². The normalized spacial score (nSPS) is 19.3. The summed E-state index contributed by atoms with van der Waals surface area (Å²) in [5.41, 5.74) is 3.38. The van der Waals surface area contributed by atoms with E-state index in [1.54, 1.807) is 0 Å². The Kier molecular flexibility index (Phi) is 7.25. The molecular formula is C28H31NO7. The van der Waals surface area contributed by atoms with E-state index in [-0.39, 0.29) is 18.8 Å². The van der Waals surface area contributed by atoms with E-state index in [0.717, 1.165) is 54.0 Å². The van der Waals surface area contributed by atoms with Crippen molar-refractivity contribution in [2.24, 2.45) is 0 Å². The number of rotatable bonds is 8. The van der Waals surface area contributed by atoms with Gasteiger partial charge in [-0.1, -0.05) is 18.2 Å². The first-order valence-electron chi connectivity index (χ1n) is 12.4.